The third-order valence-corrected chi connectivity index (χ3v) is 5.02. The van der Waals surface area contributed by atoms with Crippen LogP contribution in [-0.2, 0) is 0 Å². The Bertz CT molecular complexity index is 355. The number of urea groups is 1. The number of amidine groups is 1. The Balaban J connectivity index is 1.93. The first-order valence-electron chi connectivity index (χ1n) is 8.56. The predicted molar refractivity (Wildman–Crippen MR) is 85.5 cm³/mol. The smallest absolute Gasteiger partial charge is 0.315 e. The zero-order valence-electron chi connectivity index (χ0n) is 13.0. The summed E-state index contributed by atoms with van der Waals surface area (Å²) < 4.78 is 0. The molecule has 0 radical (unpaired) electrons. The summed E-state index contributed by atoms with van der Waals surface area (Å²) in [6, 6.07) is 0.147. The van der Waals surface area contributed by atoms with Crippen molar-refractivity contribution in [3.8, 4) is 0 Å². The Labute approximate surface area is 127 Å². The van der Waals surface area contributed by atoms with E-state index in [1.807, 2.05) is 0 Å². The summed E-state index contributed by atoms with van der Waals surface area (Å²) in [6.07, 6.45) is 13.0. The Hall–Kier alpha value is -1.26. The predicted octanol–water partition coefficient (Wildman–Crippen LogP) is 3.04. The molecule has 0 unspecified atom stereocenters. The van der Waals surface area contributed by atoms with Crippen molar-refractivity contribution in [2.75, 3.05) is 0 Å². The first-order valence-corrected chi connectivity index (χ1v) is 8.56. The minimum Gasteiger partial charge on any atom is -0.386 e. The number of nitrogens with two attached hydrogens (primary N) is 1. The molecule has 5 nitrogen and oxygen atoms in total. The molecule has 0 atom stereocenters. The molecule has 2 fully saturated rings. The number of carbonyl (C=O) groups is 1. The SMILES string of the molecule is N=C(N)C1(NC(=O)NC2CCCCC2)CCCCCCC1. The van der Waals surface area contributed by atoms with Crippen LogP contribution in [0.2, 0.25) is 0 Å². The fourth-order valence-corrected chi connectivity index (χ4v) is 3.66. The highest BCUT2D eigenvalue weighted by Crippen LogP contribution is 2.26. The Kier molecular flexibility index (Phi) is 5.88. The van der Waals surface area contributed by atoms with E-state index in [2.05, 4.69) is 10.6 Å². The summed E-state index contributed by atoms with van der Waals surface area (Å²) in [5.74, 6) is 0.114. The van der Waals surface area contributed by atoms with Gasteiger partial charge in [-0.15, -0.1) is 0 Å². The summed E-state index contributed by atoms with van der Waals surface area (Å²) in [4.78, 5) is 12.3. The molecule has 5 heteroatoms. The average molecular weight is 294 g/mol. The molecule has 2 aliphatic carbocycles. The fraction of sp³-hybridized carbons (Fsp3) is 0.875. The van der Waals surface area contributed by atoms with Gasteiger partial charge in [0.05, 0.1) is 5.54 Å². The van der Waals surface area contributed by atoms with Crippen molar-refractivity contribution in [2.24, 2.45) is 5.73 Å². The van der Waals surface area contributed by atoms with Gasteiger partial charge in [0, 0.05) is 6.04 Å². The summed E-state index contributed by atoms with van der Waals surface area (Å²) in [5, 5.41) is 14.1. The van der Waals surface area contributed by atoms with Crippen molar-refractivity contribution in [3.63, 3.8) is 0 Å². The Morgan fingerprint density at radius 3 is 2.05 bits per heavy atom. The third kappa shape index (κ3) is 4.61. The Morgan fingerprint density at radius 1 is 0.952 bits per heavy atom. The van der Waals surface area contributed by atoms with Gasteiger partial charge in [-0.3, -0.25) is 5.41 Å². The van der Waals surface area contributed by atoms with Crippen LogP contribution in [0.3, 0.4) is 0 Å². The minimum atomic E-state index is -0.626. The molecule has 0 saturated heterocycles. The molecule has 0 aromatic heterocycles. The fourth-order valence-electron chi connectivity index (χ4n) is 3.66. The Morgan fingerprint density at radius 2 is 1.48 bits per heavy atom. The van der Waals surface area contributed by atoms with E-state index < -0.39 is 5.54 Å². The van der Waals surface area contributed by atoms with Crippen molar-refractivity contribution in [1.82, 2.24) is 10.6 Å². The average Bonchev–Trinajstić information content (AvgIpc) is 2.42. The minimum absolute atomic E-state index is 0.114. The van der Waals surface area contributed by atoms with Crippen molar-refractivity contribution < 1.29 is 4.79 Å². The van der Waals surface area contributed by atoms with Crippen LogP contribution in [-0.4, -0.2) is 23.4 Å². The summed E-state index contributed by atoms with van der Waals surface area (Å²) in [7, 11) is 0. The van der Waals surface area contributed by atoms with Crippen molar-refractivity contribution in [1.29, 1.82) is 5.41 Å². The highest BCUT2D eigenvalue weighted by Gasteiger charge is 2.35. The molecular weight excluding hydrogens is 264 g/mol. The second kappa shape index (κ2) is 7.66. The number of carbonyl (C=O) groups excluding carboxylic acids is 1. The molecule has 5 N–H and O–H groups in total. The van der Waals surface area contributed by atoms with Gasteiger partial charge in [0.1, 0.15) is 5.84 Å². The first kappa shape index (κ1) is 16.1. The van der Waals surface area contributed by atoms with Gasteiger partial charge in [-0.1, -0.05) is 51.4 Å². The number of amides is 2. The molecule has 2 aliphatic rings. The molecule has 21 heavy (non-hydrogen) atoms. The van der Waals surface area contributed by atoms with Crippen LogP contribution < -0.4 is 16.4 Å². The molecule has 2 rings (SSSR count). The van der Waals surface area contributed by atoms with Crippen LogP contribution in [0, 0.1) is 5.41 Å². The van der Waals surface area contributed by atoms with E-state index in [-0.39, 0.29) is 17.9 Å². The van der Waals surface area contributed by atoms with E-state index in [1.54, 1.807) is 0 Å². The van der Waals surface area contributed by atoms with Crippen molar-refractivity contribution in [3.05, 3.63) is 0 Å². The van der Waals surface area contributed by atoms with Crippen LogP contribution in [0.1, 0.15) is 77.0 Å². The van der Waals surface area contributed by atoms with Crippen LogP contribution in [0.4, 0.5) is 4.79 Å². The highest BCUT2D eigenvalue weighted by molar-refractivity contribution is 5.91. The second-order valence-electron chi connectivity index (χ2n) is 6.70. The largest absolute Gasteiger partial charge is 0.386 e. The maximum atomic E-state index is 12.3. The van der Waals surface area contributed by atoms with Gasteiger partial charge in [-0.05, 0) is 25.7 Å². The van der Waals surface area contributed by atoms with Crippen LogP contribution in [0.5, 0.6) is 0 Å². The number of hydrogen-bond acceptors (Lipinski definition) is 2. The zero-order valence-corrected chi connectivity index (χ0v) is 13.0. The number of rotatable bonds is 3. The van der Waals surface area contributed by atoms with Gasteiger partial charge in [-0.25, -0.2) is 4.79 Å². The van der Waals surface area contributed by atoms with Crippen LogP contribution >= 0.6 is 0 Å². The van der Waals surface area contributed by atoms with E-state index in [0.717, 1.165) is 38.5 Å². The van der Waals surface area contributed by atoms with Crippen LogP contribution in [0.15, 0.2) is 0 Å². The maximum Gasteiger partial charge on any atom is 0.315 e. The maximum absolute atomic E-state index is 12.3. The van der Waals surface area contributed by atoms with Crippen LogP contribution in [0.25, 0.3) is 0 Å². The molecule has 0 aliphatic heterocycles. The van der Waals surface area contributed by atoms with E-state index in [0.29, 0.717) is 0 Å². The van der Waals surface area contributed by atoms with E-state index >= 15 is 0 Å². The molecule has 2 saturated carbocycles. The normalized spacial score (nSPS) is 23.6. The second-order valence-corrected chi connectivity index (χ2v) is 6.70. The molecule has 0 spiro atoms. The van der Waals surface area contributed by atoms with Gasteiger partial charge in [-0.2, -0.15) is 0 Å². The quantitative estimate of drug-likeness (QED) is 0.476. The summed E-state index contributed by atoms with van der Waals surface area (Å²) >= 11 is 0. The zero-order chi connectivity index (χ0) is 15.1. The van der Waals surface area contributed by atoms with E-state index in [1.165, 1.54) is 38.5 Å². The summed E-state index contributed by atoms with van der Waals surface area (Å²) in [5.41, 5.74) is 5.22. The lowest BCUT2D eigenvalue weighted by Crippen LogP contribution is -2.60. The lowest BCUT2D eigenvalue weighted by molar-refractivity contribution is 0.219. The highest BCUT2D eigenvalue weighted by atomic mass is 16.2. The first-order chi connectivity index (χ1) is 10.1. The topological polar surface area (TPSA) is 91.0 Å². The standard InChI is InChI=1S/C16H30N4O/c17-14(18)16(11-7-2-1-3-8-12-16)20-15(21)19-13-9-5-4-6-10-13/h13H,1-12H2,(H3,17,18)(H2,19,20,21). The van der Waals surface area contributed by atoms with Gasteiger partial charge in [0.2, 0.25) is 0 Å². The molecule has 2 amide bonds. The molecule has 0 heterocycles. The molecule has 0 bridgehead atoms. The van der Waals surface area contributed by atoms with Crippen molar-refractivity contribution >= 4 is 11.9 Å². The van der Waals surface area contributed by atoms with E-state index in [9.17, 15) is 4.79 Å². The number of nitrogens with one attached hydrogen (secondary N) is 3. The van der Waals surface area contributed by atoms with E-state index in [4.69, 9.17) is 11.1 Å². The lowest BCUT2D eigenvalue weighted by Gasteiger charge is -2.36. The molecule has 120 valence electrons. The van der Waals surface area contributed by atoms with Crippen molar-refractivity contribution in [2.45, 2.75) is 88.6 Å². The molecule has 0 aromatic carbocycles. The van der Waals surface area contributed by atoms with Gasteiger partial charge in [0.25, 0.3) is 0 Å². The molecule has 0 aromatic rings. The third-order valence-electron chi connectivity index (χ3n) is 5.02. The lowest BCUT2D eigenvalue weighted by atomic mass is 9.83. The van der Waals surface area contributed by atoms with Gasteiger partial charge in [0.15, 0.2) is 0 Å². The number of hydrogen-bond donors (Lipinski definition) is 4. The monoisotopic (exact) mass is 294 g/mol. The van der Waals surface area contributed by atoms with Gasteiger partial charge < -0.3 is 16.4 Å². The van der Waals surface area contributed by atoms with Gasteiger partial charge >= 0.3 is 6.03 Å². The molecular formula is C16H30N4O. The summed E-state index contributed by atoms with van der Waals surface area (Å²) in [6.45, 7) is 0.